The molecule has 11 heteroatoms. The van der Waals surface area contributed by atoms with Crippen LogP contribution in [0.25, 0.3) is 10.9 Å². The third-order valence-corrected chi connectivity index (χ3v) is 5.95. The van der Waals surface area contributed by atoms with Gasteiger partial charge >= 0.3 is 5.69 Å². The van der Waals surface area contributed by atoms with Crippen molar-refractivity contribution in [2.24, 2.45) is 10.8 Å². The molecule has 1 aliphatic carbocycles. The van der Waals surface area contributed by atoms with Crippen molar-refractivity contribution in [1.82, 2.24) is 9.66 Å². The average molecular weight is 484 g/mol. The molecule has 0 spiro atoms. The molecule has 0 atom stereocenters. The number of hydrogen-bond acceptors (Lipinski definition) is 7. The number of nitro benzene ring substituents is 1. The molecular formula is C23H22ClN5O5. The summed E-state index contributed by atoms with van der Waals surface area (Å²) < 4.78 is 6.39. The summed E-state index contributed by atoms with van der Waals surface area (Å²) in [5.41, 5.74) is 5.17. The molecular weight excluding hydrogens is 462 g/mol. The number of carbonyl (C=O) groups is 1. The summed E-state index contributed by atoms with van der Waals surface area (Å²) in [5, 5.41) is 16.3. The van der Waals surface area contributed by atoms with Crippen LogP contribution in [-0.2, 0) is 4.79 Å². The largest absolute Gasteiger partial charge is 0.476 e. The summed E-state index contributed by atoms with van der Waals surface area (Å²) in [6, 6.07) is 9.67. The minimum absolute atomic E-state index is 0.0886. The molecule has 1 heterocycles. The Morgan fingerprint density at radius 1 is 1.29 bits per heavy atom. The molecule has 1 saturated carbocycles. The Hall–Kier alpha value is -3.79. The molecule has 0 radical (unpaired) electrons. The Balaban J connectivity index is 1.78. The first-order chi connectivity index (χ1) is 16.3. The fourth-order valence-corrected chi connectivity index (χ4v) is 4.37. The average Bonchev–Trinajstić information content (AvgIpc) is 2.82. The van der Waals surface area contributed by atoms with E-state index in [1.54, 1.807) is 18.2 Å². The molecule has 176 valence electrons. The van der Waals surface area contributed by atoms with Gasteiger partial charge in [-0.2, -0.15) is 9.78 Å². The van der Waals surface area contributed by atoms with Crippen LogP contribution in [0.15, 0.2) is 46.3 Å². The molecule has 34 heavy (non-hydrogen) atoms. The van der Waals surface area contributed by atoms with Gasteiger partial charge in [0, 0.05) is 17.5 Å². The lowest BCUT2D eigenvalue weighted by atomic mass is 9.88. The molecule has 1 aliphatic rings. The van der Waals surface area contributed by atoms with Crippen LogP contribution in [0.2, 0.25) is 5.02 Å². The van der Waals surface area contributed by atoms with Gasteiger partial charge < -0.3 is 10.5 Å². The van der Waals surface area contributed by atoms with Gasteiger partial charge in [-0.1, -0.05) is 43.0 Å². The van der Waals surface area contributed by atoms with Crippen LogP contribution in [0.1, 0.15) is 49.4 Å². The number of primary amides is 1. The number of carbonyl (C=O) groups excluding carboxylic acids is 1. The van der Waals surface area contributed by atoms with Crippen molar-refractivity contribution in [1.29, 1.82) is 0 Å². The van der Waals surface area contributed by atoms with Crippen molar-refractivity contribution in [2.75, 3.05) is 6.61 Å². The van der Waals surface area contributed by atoms with E-state index in [9.17, 15) is 19.7 Å². The number of nitrogens with two attached hydrogens (primary N) is 1. The number of rotatable bonds is 7. The van der Waals surface area contributed by atoms with Crippen LogP contribution in [0, 0.1) is 10.1 Å². The lowest BCUT2D eigenvalue weighted by Gasteiger charge is -2.22. The van der Waals surface area contributed by atoms with Crippen molar-refractivity contribution >= 4 is 40.3 Å². The fourth-order valence-electron chi connectivity index (χ4n) is 4.10. The normalized spacial score (nSPS) is 14.5. The maximum Gasteiger partial charge on any atom is 0.313 e. The van der Waals surface area contributed by atoms with E-state index in [-0.39, 0.29) is 27.8 Å². The molecule has 0 bridgehead atoms. The second-order valence-corrected chi connectivity index (χ2v) is 8.45. The first kappa shape index (κ1) is 23.4. The van der Waals surface area contributed by atoms with Crippen molar-refractivity contribution in [2.45, 2.75) is 38.0 Å². The molecule has 4 rings (SSSR count). The Kier molecular flexibility index (Phi) is 6.87. The van der Waals surface area contributed by atoms with Crippen molar-refractivity contribution < 1.29 is 14.5 Å². The van der Waals surface area contributed by atoms with Gasteiger partial charge in [-0.25, -0.2) is 4.98 Å². The number of halogens is 1. The van der Waals surface area contributed by atoms with E-state index in [0.29, 0.717) is 16.7 Å². The number of hydrogen-bond donors (Lipinski definition) is 1. The summed E-state index contributed by atoms with van der Waals surface area (Å²) in [6.45, 7) is -0.559. The Morgan fingerprint density at radius 3 is 2.74 bits per heavy atom. The molecule has 2 aromatic carbocycles. The second-order valence-electron chi connectivity index (χ2n) is 8.05. The first-order valence-corrected chi connectivity index (χ1v) is 11.2. The van der Waals surface area contributed by atoms with E-state index < -0.39 is 23.1 Å². The van der Waals surface area contributed by atoms with Crippen LogP contribution in [-0.4, -0.2) is 33.3 Å². The van der Waals surface area contributed by atoms with Crippen LogP contribution < -0.4 is 16.0 Å². The van der Waals surface area contributed by atoms with Gasteiger partial charge in [0.25, 0.3) is 11.5 Å². The van der Waals surface area contributed by atoms with Crippen molar-refractivity contribution in [3.8, 4) is 5.75 Å². The van der Waals surface area contributed by atoms with Crippen LogP contribution in [0.3, 0.4) is 0 Å². The SMILES string of the molecule is NC(=O)COc1c(Cl)cc(C=Nn2c(C3CCCCC3)nc3ccccc3c2=O)cc1[N+](=O)[O-]. The van der Waals surface area contributed by atoms with Gasteiger partial charge in [0.05, 0.1) is 27.1 Å². The lowest BCUT2D eigenvalue weighted by Crippen LogP contribution is -2.25. The molecule has 0 saturated heterocycles. The van der Waals surface area contributed by atoms with Crippen LogP contribution in [0.5, 0.6) is 5.75 Å². The molecule has 10 nitrogen and oxygen atoms in total. The summed E-state index contributed by atoms with van der Waals surface area (Å²) in [6.07, 6.45) is 6.37. The van der Waals surface area contributed by atoms with E-state index in [0.717, 1.165) is 32.1 Å². The van der Waals surface area contributed by atoms with Gasteiger partial charge in [0.2, 0.25) is 5.75 Å². The van der Waals surface area contributed by atoms with Gasteiger partial charge in [-0.15, -0.1) is 0 Å². The summed E-state index contributed by atoms with van der Waals surface area (Å²) in [7, 11) is 0. The molecule has 3 aromatic rings. The number of benzene rings is 2. The quantitative estimate of drug-likeness (QED) is 0.308. The monoisotopic (exact) mass is 483 g/mol. The standard InChI is InChI=1S/C23H22ClN5O5/c24-17-10-14(11-19(29(32)33)21(17)34-13-20(25)30)12-26-28-22(15-6-2-1-3-7-15)27-18-9-5-4-8-16(18)23(28)31/h4-5,8-12,15H,1-3,6-7,13H2,(H2,25,30). The Labute approximate surface area is 199 Å². The number of nitrogens with zero attached hydrogens (tertiary/aromatic N) is 4. The zero-order valence-corrected chi connectivity index (χ0v) is 18.9. The minimum Gasteiger partial charge on any atom is -0.476 e. The first-order valence-electron chi connectivity index (χ1n) is 10.8. The highest BCUT2D eigenvalue weighted by Crippen LogP contribution is 2.36. The highest BCUT2D eigenvalue weighted by atomic mass is 35.5. The third-order valence-electron chi connectivity index (χ3n) is 5.67. The smallest absolute Gasteiger partial charge is 0.313 e. The third kappa shape index (κ3) is 4.91. The number of amides is 1. The maximum absolute atomic E-state index is 13.3. The number of nitro groups is 1. The van der Waals surface area contributed by atoms with E-state index in [1.165, 1.54) is 23.0 Å². The van der Waals surface area contributed by atoms with Crippen LogP contribution >= 0.6 is 11.6 Å². The molecule has 0 unspecified atom stereocenters. The Morgan fingerprint density at radius 2 is 2.03 bits per heavy atom. The predicted octanol–water partition coefficient (Wildman–Crippen LogP) is 3.75. The van der Waals surface area contributed by atoms with E-state index in [1.807, 2.05) is 6.07 Å². The van der Waals surface area contributed by atoms with Crippen molar-refractivity contribution in [3.05, 3.63) is 73.3 Å². The molecule has 1 fully saturated rings. The summed E-state index contributed by atoms with van der Waals surface area (Å²) >= 11 is 6.18. The van der Waals surface area contributed by atoms with Gasteiger partial charge in [-0.3, -0.25) is 19.7 Å². The lowest BCUT2D eigenvalue weighted by molar-refractivity contribution is -0.385. The minimum atomic E-state index is -0.797. The summed E-state index contributed by atoms with van der Waals surface area (Å²) in [5.74, 6) is -0.406. The highest BCUT2D eigenvalue weighted by Gasteiger charge is 2.23. The fraction of sp³-hybridized carbons (Fsp3) is 0.304. The van der Waals surface area contributed by atoms with E-state index >= 15 is 0 Å². The molecule has 2 N–H and O–H groups in total. The zero-order chi connectivity index (χ0) is 24.2. The number of ether oxygens (including phenoxy) is 1. The topological polar surface area (TPSA) is 143 Å². The zero-order valence-electron chi connectivity index (χ0n) is 18.1. The summed E-state index contributed by atoms with van der Waals surface area (Å²) in [4.78, 5) is 39.9. The Bertz CT molecular complexity index is 1350. The predicted molar refractivity (Wildman–Crippen MR) is 128 cm³/mol. The van der Waals surface area contributed by atoms with E-state index in [2.05, 4.69) is 5.10 Å². The van der Waals surface area contributed by atoms with E-state index in [4.69, 9.17) is 27.1 Å². The van der Waals surface area contributed by atoms with Gasteiger partial charge in [-0.05, 0) is 31.0 Å². The molecule has 1 aromatic heterocycles. The number of para-hydroxylation sites is 1. The molecule has 0 aliphatic heterocycles. The second kappa shape index (κ2) is 10.0. The molecule has 1 amide bonds. The van der Waals surface area contributed by atoms with Gasteiger partial charge in [0.1, 0.15) is 5.82 Å². The van der Waals surface area contributed by atoms with Crippen molar-refractivity contribution in [3.63, 3.8) is 0 Å². The van der Waals surface area contributed by atoms with Crippen LogP contribution in [0.4, 0.5) is 5.69 Å². The number of aromatic nitrogens is 2. The van der Waals surface area contributed by atoms with Gasteiger partial charge in [0.15, 0.2) is 6.61 Å². The number of fused-ring (bicyclic) bond motifs is 1. The highest BCUT2D eigenvalue weighted by molar-refractivity contribution is 6.32. The maximum atomic E-state index is 13.3.